The van der Waals surface area contributed by atoms with Crippen LogP contribution in [0.5, 0.6) is 0 Å². The van der Waals surface area contributed by atoms with Crippen molar-refractivity contribution in [3.8, 4) is 0 Å². The summed E-state index contributed by atoms with van der Waals surface area (Å²) >= 11 is 6.08. The normalized spacial score (nSPS) is 17.7. The molecule has 2 heteroatoms. The number of benzene rings is 1. The first-order valence-electron chi connectivity index (χ1n) is 5.96. The summed E-state index contributed by atoms with van der Waals surface area (Å²) in [6, 6.07) is 8.13. The molecule has 0 heterocycles. The summed E-state index contributed by atoms with van der Waals surface area (Å²) in [6.45, 7) is 0.0412. The van der Waals surface area contributed by atoms with Gasteiger partial charge in [-0.15, -0.1) is 0 Å². The van der Waals surface area contributed by atoms with Gasteiger partial charge in [0.25, 0.3) is 0 Å². The van der Waals surface area contributed by atoms with Gasteiger partial charge in [0, 0.05) is 11.5 Å². The number of halogens is 1. The summed E-state index contributed by atoms with van der Waals surface area (Å²) in [5.41, 5.74) is 3.25. The van der Waals surface area contributed by atoms with Crippen LogP contribution in [0.4, 0.5) is 0 Å². The molecule has 0 atom stereocenters. The van der Waals surface area contributed by atoms with E-state index in [9.17, 15) is 5.11 Å². The van der Waals surface area contributed by atoms with E-state index in [2.05, 4.69) is 24.3 Å². The Balaban J connectivity index is 2.37. The molecule has 18 heavy (non-hydrogen) atoms. The molecule has 2 aliphatic rings. The Morgan fingerprint density at radius 2 is 1.89 bits per heavy atom. The van der Waals surface area contributed by atoms with Crippen molar-refractivity contribution in [2.45, 2.75) is 6.42 Å². The van der Waals surface area contributed by atoms with Crippen LogP contribution in [0.1, 0.15) is 6.42 Å². The zero-order valence-electron chi connectivity index (χ0n) is 9.86. The van der Waals surface area contributed by atoms with Crippen LogP contribution in [0.15, 0.2) is 58.7 Å². The Kier molecular flexibility index (Phi) is 2.94. The van der Waals surface area contributed by atoms with Crippen molar-refractivity contribution < 1.29 is 5.11 Å². The first-order chi connectivity index (χ1) is 8.79. The van der Waals surface area contributed by atoms with E-state index < -0.39 is 0 Å². The fourth-order valence-corrected chi connectivity index (χ4v) is 2.69. The second kappa shape index (κ2) is 4.60. The van der Waals surface area contributed by atoms with Gasteiger partial charge in [0.2, 0.25) is 0 Å². The van der Waals surface area contributed by atoms with Crippen LogP contribution in [0, 0.1) is 0 Å². The molecule has 1 N–H and O–H groups in total. The second-order valence-corrected chi connectivity index (χ2v) is 4.94. The van der Waals surface area contributed by atoms with E-state index in [1.165, 1.54) is 5.57 Å². The Hall–Kier alpha value is -1.57. The molecular weight excluding hydrogens is 244 g/mol. The maximum Gasteiger partial charge on any atom is 0.0693 e. The van der Waals surface area contributed by atoms with Crippen molar-refractivity contribution in [1.82, 2.24) is 0 Å². The van der Waals surface area contributed by atoms with Crippen LogP contribution < -0.4 is 10.4 Å². The van der Waals surface area contributed by atoms with Crippen LogP contribution in [0.2, 0.25) is 0 Å². The molecule has 90 valence electrons. The lowest BCUT2D eigenvalue weighted by Crippen LogP contribution is -2.27. The van der Waals surface area contributed by atoms with Gasteiger partial charge >= 0.3 is 0 Å². The van der Waals surface area contributed by atoms with Gasteiger partial charge in [-0.1, -0.05) is 54.1 Å². The van der Waals surface area contributed by atoms with Crippen LogP contribution in [-0.4, -0.2) is 11.7 Å². The highest BCUT2D eigenvalue weighted by molar-refractivity contribution is 6.30. The molecule has 1 aromatic rings. The second-order valence-electron chi connectivity index (χ2n) is 4.45. The first kappa shape index (κ1) is 11.5. The van der Waals surface area contributed by atoms with Crippen molar-refractivity contribution in [3.63, 3.8) is 0 Å². The van der Waals surface area contributed by atoms with Crippen LogP contribution in [0.25, 0.3) is 11.6 Å². The van der Waals surface area contributed by atoms with Crippen molar-refractivity contribution in [2.75, 3.05) is 6.61 Å². The average molecular weight is 257 g/mol. The number of aliphatic hydroxyl groups excluding tert-OH is 1. The minimum absolute atomic E-state index is 0.0412. The third-order valence-electron chi connectivity index (χ3n) is 3.37. The molecule has 0 unspecified atom stereocenters. The number of rotatable bonds is 1. The number of allylic oxidation sites excluding steroid dienone is 5. The third-order valence-corrected chi connectivity index (χ3v) is 3.63. The molecule has 0 saturated carbocycles. The molecule has 1 aromatic carbocycles. The van der Waals surface area contributed by atoms with Gasteiger partial charge in [-0.2, -0.15) is 0 Å². The quantitative estimate of drug-likeness (QED) is 0.815. The van der Waals surface area contributed by atoms with E-state index in [1.807, 2.05) is 24.3 Å². The maximum absolute atomic E-state index is 9.69. The summed E-state index contributed by atoms with van der Waals surface area (Å²) in [4.78, 5) is 0. The fraction of sp³-hybridized carbons (Fsp3) is 0.125. The molecule has 0 radical (unpaired) electrons. The van der Waals surface area contributed by atoms with Crippen LogP contribution in [0.3, 0.4) is 0 Å². The van der Waals surface area contributed by atoms with E-state index in [4.69, 9.17) is 11.6 Å². The summed E-state index contributed by atoms with van der Waals surface area (Å²) in [7, 11) is 0. The molecule has 0 saturated heterocycles. The summed E-state index contributed by atoms with van der Waals surface area (Å²) < 4.78 is 0. The molecule has 0 spiro atoms. The monoisotopic (exact) mass is 256 g/mol. The van der Waals surface area contributed by atoms with Crippen LogP contribution >= 0.6 is 11.6 Å². The van der Waals surface area contributed by atoms with E-state index in [0.29, 0.717) is 0 Å². The topological polar surface area (TPSA) is 20.2 Å². The van der Waals surface area contributed by atoms with Gasteiger partial charge in [-0.3, -0.25) is 0 Å². The lowest BCUT2D eigenvalue weighted by molar-refractivity contribution is 0.349. The highest BCUT2D eigenvalue weighted by Gasteiger charge is 2.16. The van der Waals surface area contributed by atoms with Crippen molar-refractivity contribution in [2.24, 2.45) is 0 Å². The van der Waals surface area contributed by atoms with Crippen LogP contribution in [-0.2, 0) is 0 Å². The summed E-state index contributed by atoms with van der Waals surface area (Å²) in [5, 5.41) is 12.8. The number of aliphatic hydroxyl groups is 1. The van der Waals surface area contributed by atoms with Gasteiger partial charge in [0.1, 0.15) is 0 Å². The molecule has 2 aliphatic carbocycles. The highest BCUT2D eigenvalue weighted by atomic mass is 35.5. The van der Waals surface area contributed by atoms with Gasteiger partial charge in [0.05, 0.1) is 6.61 Å². The zero-order valence-corrected chi connectivity index (χ0v) is 10.6. The highest BCUT2D eigenvalue weighted by Crippen LogP contribution is 2.31. The smallest absolute Gasteiger partial charge is 0.0693 e. The summed E-state index contributed by atoms with van der Waals surface area (Å²) in [5.74, 6) is 0. The Bertz CT molecular complexity index is 705. The predicted molar refractivity (Wildman–Crippen MR) is 75.4 cm³/mol. The van der Waals surface area contributed by atoms with Crippen molar-refractivity contribution in [3.05, 3.63) is 69.1 Å². The standard InChI is InChI=1S/C16H13ClO/c17-13-7-8-15-12(9-13)6-5-11-3-1-2-4-14(11)16(15)10-18/h1-8,18H,9-10H2. The molecule has 0 fully saturated rings. The molecule has 0 amide bonds. The Morgan fingerprint density at radius 1 is 1.06 bits per heavy atom. The number of hydrogen-bond donors (Lipinski definition) is 1. The third kappa shape index (κ3) is 1.86. The van der Waals surface area contributed by atoms with Gasteiger partial charge in [0.15, 0.2) is 0 Å². The molecule has 0 bridgehead atoms. The Labute approximate surface area is 111 Å². The van der Waals surface area contributed by atoms with Gasteiger partial charge < -0.3 is 5.11 Å². The molecular formula is C16H13ClO. The van der Waals surface area contributed by atoms with Gasteiger partial charge in [-0.05, 0) is 33.2 Å². The maximum atomic E-state index is 9.69. The first-order valence-corrected chi connectivity index (χ1v) is 6.34. The minimum atomic E-state index is 0.0412. The van der Waals surface area contributed by atoms with Crippen molar-refractivity contribution >= 4 is 23.3 Å². The van der Waals surface area contributed by atoms with E-state index >= 15 is 0 Å². The molecule has 3 rings (SSSR count). The largest absolute Gasteiger partial charge is 0.392 e. The van der Waals surface area contributed by atoms with Crippen molar-refractivity contribution in [1.29, 1.82) is 0 Å². The Morgan fingerprint density at radius 3 is 2.72 bits per heavy atom. The fourth-order valence-electron chi connectivity index (χ4n) is 2.48. The molecule has 0 aliphatic heterocycles. The minimum Gasteiger partial charge on any atom is -0.392 e. The predicted octanol–water partition coefficient (Wildman–Crippen LogP) is 2.00. The molecule has 0 aromatic heterocycles. The number of fused-ring (bicyclic) bond motifs is 2. The van der Waals surface area contributed by atoms with Gasteiger partial charge in [-0.25, -0.2) is 0 Å². The summed E-state index contributed by atoms with van der Waals surface area (Å²) in [6.07, 6.45) is 8.84. The van der Waals surface area contributed by atoms with E-state index in [0.717, 1.165) is 33.0 Å². The van der Waals surface area contributed by atoms with E-state index in [-0.39, 0.29) is 6.61 Å². The lowest BCUT2D eigenvalue weighted by Gasteiger charge is -2.16. The SMILES string of the molecule is OCC1=c2ccccc2=CC=C2CC(Cl)=CC=C21. The zero-order chi connectivity index (χ0) is 12.5. The average Bonchev–Trinajstić information content (AvgIpc) is 2.55. The van der Waals surface area contributed by atoms with E-state index in [1.54, 1.807) is 0 Å². The number of hydrogen-bond acceptors (Lipinski definition) is 1. The molecule has 1 nitrogen and oxygen atoms in total. The lowest BCUT2D eigenvalue weighted by atomic mass is 9.91.